The van der Waals surface area contributed by atoms with E-state index in [0.29, 0.717) is 13.2 Å². The largest absolute Gasteiger partial charge is 0.379 e. The summed E-state index contributed by atoms with van der Waals surface area (Å²) in [5, 5.41) is 1.80. The topological polar surface area (TPSA) is 29.5 Å². The first-order valence-electron chi connectivity index (χ1n) is 9.90. The highest BCUT2D eigenvalue weighted by Gasteiger charge is 2.41. The second-order valence-electron chi connectivity index (χ2n) is 7.12. The van der Waals surface area contributed by atoms with Crippen molar-refractivity contribution in [1.29, 1.82) is 0 Å². The minimum absolute atomic E-state index is 0.216. The van der Waals surface area contributed by atoms with Gasteiger partial charge in [-0.05, 0) is 24.0 Å². The van der Waals surface area contributed by atoms with Crippen molar-refractivity contribution in [3.63, 3.8) is 0 Å². The van der Waals surface area contributed by atoms with Crippen LogP contribution in [0.2, 0.25) is 0 Å². The minimum atomic E-state index is -2.98. The van der Waals surface area contributed by atoms with Gasteiger partial charge in [0.05, 0.1) is 19.0 Å². The summed E-state index contributed by atoms with van der Waals surface area (Å²) in [5.74, 6) is -0.216. The number of nitrogens with zero attached hydrogens (tertiary/aromatic N) is 1. The first-order valence-corrected chi connectivity index (χ1v) is 12.9. The molecular formula is C24H26NO2PS. The maximum atomic E-state index is 15.1. The number of thioether (sulfide) groups is 1. The first-order chi connectivity index (χ1) is 14.2. The lowest BCUT2D eigenvalue weighted by Gasteiger charge is -2.39. The van der Waals surface area contributed by atoms with E-state index in [1.165, 1.54) is 4.90 Å². The van der Waals surface area contributed by atoms with Crippen LogP contribution in [0.1, 0.15) is 11.3 Å². The van der Waals surface area contributed by atoms with Crippen molar-refractivity contribution in [2.24, 2.45) is 0 Å². The van der Waals surface area contributed by atoms with E-state index >= 15 is 4.57 Å². The molecule has 1 unspecified atom stereocenters. The van der Waals surface area contributed by atoms with Crippen molar-refractivity contribution in [3.8, 4) is 0 Å². The molecule has 0 N–H and O–H groups in total. The lowest BCUT2D eigenvalue weighted by atomic mass is 10.2. The molecule has 3 aromatic carbocycles. The first kappa shape index (κ1) is 20.4. The highest BCUT2D eigenvalue weighted by atomic mass is 32.2. The molecule has 5 heteroatoms. The van der Waals surface area contributed by atoms with Crippen LogP contribution < -0.4 is 10.6 Å². The second-order valence-corrected chi connectivity index (χ2v) is 10.8. The van der Waals surface area contributed by atoms with Crippen molar-refractivity contribution >= 4 is 29.5 Å². The molecular weight excluding hydrogens is 397 g/mol. The van der Waals surface area contributed by atoms with Gasteiger partial charge in [-0.25, -0.2) is 0 Å². The maximum absolute atomic E-state index is 15.1. The molecule has 3 aromatic rings. The molecule has 150 valence electrons. The summed E-state index contributed by atoms with van der Waals surface area (Å²) in [4.78, 5) is 3.56. The molecule has 4 rings (SSSR count). The molecule has 0 saturated carbocycles. The highest BCUT2D eigenvalue weighted by molar-refractivity contribution is 7.98. The Morgan fingerprint density at radius 2 is 1.34 bits per heavy atom. The molecule has 3 nitrogen and oxygen atoms in total. The van der Waals surface area contributed by atoms with Crippen LogP contribution in [0.3, 0.4) is 0 Å². The van der Waals surface area contributed by atoms with Gasteiger partial charge in [0, 0.05) is 28.6 Å². The zero-order chi connectivity index (χ0) is 20.1. The number of morpholine rings is 1. The summed E-state index contributed by atoms with van der Waals surface area (Å²) in [5.41, 5.74) is 1.10. The Morgan fingerprint density at radius 3 is 1.83 bits per heavy atom. The normalized spacial score (nSPS) is 16.4. The van der Waals surface area contributed by atoms with Crippen LogP contribution in [0.4, 0.5) is 0 Å². The Hall–Kier alpha value is -1.84. The van der Waals surface area contributed by atoms with Gasteiger partial charge in [-0.3, -0.25) is 4.90 Å². The fraction of sp³-hybridized carbons (Fsp3) is 0.250. The Bertz CT molecular complexity index is 914. The van der Waals surface area contributed by atoms with Gasteiger partial charge in [0.15, 0.2) is 7.14 Å². The Morgan fingerprint density at radius 1 is 0.828 bits per heavy atom. The molecule has 1 saturated heterocycles. The Kier molecular flexibility index (Phi) is 6.56. The molecule has 0 aromatic heterocycles. The van der Waals surface area contributed by atoms with E-state index in [0.717, 1.165) is 29.3 Å². The van der Waals surface area contributed by atoms with Crippen LogP contribution >= 0.6 is 18.9 Å². The number of hydrogen-bond donors (Lipinski definition) is 0. The van der Waals surface area contributed by atoms with Crippen molar-refractivity contribution in [2.75, 3.05) is 32.6 Å². The maximum Gasteiger partial charge on any atom is 0.163 e. The molecule has 0 amide bonds. The van der Waals surface area contributed by atoms with E-state index in [1.54, 1.807) is 11.8 Å². The van der Waals surface area contributed by atoms with Gasteiger partial charge >= 0.3 is 0 Å². The van der Waals surface area contributed by atoms with Crippen molar-refractivity contribution in [3.05, 3.63) is 90.5 Å². The predicted molar refractivity (Wildman–Crippen MR) is 123 cm³/mol. The van der Waals surface area contributed by atoms with Crippen molar-refractivity contribution < 1.29 is 9.30 Å². The highest BCUT2D eigenvalue weighted by Crippen LogP contribution is 2.58. The van der Waals surface area contributed by atoms with Crippen molar-refractivity contribution in [1.82, 2.24) is 4.90 Å². The molecule has 1 fully saturated rings. The summed E-state index contributed by atoms with van der Waals surface area (Å²) in [6, 6.07) is 28.5. The molecule has 0 spiro atoms. The number of hydrogen-bond acceptors (Lipinski definition) is 4. The predicted octanol–water partition coefficient (Wildman–Crippen LogP) is 4.75. The smallest absolute Gasteiger partial charge is 0.163 e. The van der Waals surface area contributed by atoms with Gasteiger partial charge in [-0.15, -0.1) is 11.8 Å². The fourth-order valence-corrected chi connectivity index (χ4v) is 7.76. The molecule has 1 aliphatic rings. The van der Waals surface area contributed by atoms with Crippen LogP contribution in [0.5, 0.6) is 0 Å². The number of rotatable bonds is 6. The third-order valence-electron chi connectivity index (χ3n) is 5.43. The zero-order valence-electron chi connectivity index (χ0n) is 16.6. The fourth-order valence-electron chi connectivity index (χ4n) is 3.98. The molecule has 1 heterocycles. The van der Waals surface area contributed by atoms with E-state index in [4.69, 9.17) is 4.74 Å². The standard InChI is InChI=1S/C24H26NO2PS/c1-29-23-14-12-20(13-15-23)24(25-16-18-27-19-17-25)28(26,21-8-4-2-5-9-21)22-10-6-3-7-11-22/h2-15,24H,16-19H2,1H3. The van der Waals surface area contributed by atoms with Gasteiger partial charge < -0.3 is 9.30 Å². The minimum Gasteiger partial charge on any atom is -0.379 e. The summed E-state index contributed by atoms with van der Waals surface area (Å²) < 4.78 is 20.7. The molecule has 1 aliphatic heterocycles. The SMILES string of the molecule is CSc1ccc(C(N2CCOCC2)P(=O)(c2ccccc2)c2ccccc2)cc1. The lowest BCUT2D eigenvalue weighted by Crippen LogP contribution is -2.41. The van der Waals surface area contributed by atoms with Crippen molar-refractivity contribution in [2.45, 2.75) is 10.7 Å². The van der Waals surface area contributed by atoms with Crippen LogP contribution in [0.15, 0.2) is 89.8 Å². The molecule has 0 aliphatic carbocycles. The van der Waals surface area contributed by atoms with Gasteiger partial charge in [-0.2, -0.15) is 0 Å². The summed E-state index contributed by atoms with van der Waals surface area (Å²) in [6.45, 7) is 2.89. The van der Waals surface area contributed by atoms with Gasteiger partial charge in [0.1, 0.15) is 0 Å². The quantitative estimate of drug-likeness (QED) is 0.423. The Labute approximate surface area is 177 Å². The molecule has 0 bridgehead atoms. The van der Waals surface area contributed by atoms with Gasteiger partial charge in [0.25, 0.3) is 0 Å². The number of benzene rings is 3. The van der Waals surface area contributed by atoms with E-state index in [-0.39, 0.29) is 5.78 Å². The number of ether oxygens (including phenoxy) is 1. The Balaban J connectivity index is 1.91. The van der Waals surface area contributed by atoms with Crippen LogP contribution in [0, 0.1) is 0 Å². The van der Waals surface area contributed by atoms with Crippen LogP contribution in [-0.4, -0.2) is 37.5 Å². The average molecular weight is 424 g/mol. The third kappa shape index (κ3) is 4.22. The van der Waals surface area contributed by atoms with E-state index < -0.39 is 7.14 Å². The summed E-state index contributed by atoms with van der Waals surface area (Å²) >= 11 is 1.72. The van der Waals surface area contributed by atoms with Gasteiger partial charge in [0.2, 0.25) is 0 Å². The molecule has 29 heavy (non-hydrogen) atoms. The van der Waals surface area contributed by atoms with Crippen LogP contribution in [0.25, 0.3) is 0 Å². The average Bonchev–Trinajstić information content (AvgIpc) is 2.81. The van der Waals surface area contributed by atoms with Gasteiger partial charge in [-0.1, -0.05) is 72.8 Å². The lowest BCUT2D eigenvalue weighted by molar-refractivity contribution is 0.0308. The molecule has 1 atom stereocenters. The van der Waals surface area contributed by atoms with E-state index in [9.17, 15) is 0 Å². The zero-order valence-corrected chi connectivity index (χ0v) is 18.3. The second kappa shape index (κ2) is 9.32. The summed E-state index contributed by atoms with van der Waals surface area (Å²) in [6.07, 6.45) is 2.08. The van der Waals surface area contributed by atoms with Crippen LogP contribution in [-0.2, 0) is 9.30 Å². The monoisotopic (exact) mass is 423 g/mol. The van der Waals surface area contributed by atoms with E-state index in [1.807, 2.05) is 60.7 Å². The molecule has 0 radical (unpaired) electrons. The summed E-state index contributed by atoms with van der Waals surface area (Å²) in [7, 11) is -2.98. The third-order valence-corrected chi connectivity index (χ3v) is 9.62. The van der Waals surface area contributed by atoms with E-state index in [2.05, 4.69) is 35.4 Å².